The van der Waals surface area contributed by atoms with Crippen LogP contribution >= 0.6 is 11.3 Å². The molecule has 17 heavy (non-hydrogen) atoms. The van der Waals surface area contributed by atoms with Crippen molar-refractivity contribution in [3.05, 3.63) is 42.7 Å². The third kappa shape index (κ3) is 1.87. The van der Waals surface area contributed by atoms with Crippen LogP contribution in [0.25, 0.3) is 20.8 Å². The molecule has 1 aromatic carbocycles. The Labute approximate surface area is 103 Å². The molecule has 0 saturated heterocycles. The molecule has 4 heteroatoms. The Morgan fingerprint density at radius 1 is 1.12 bits per heavy atom. The SMILES string of the molecule is COc1ccc(-c2nc3cnccc3s2)cc1. The second kappa shape index (κ2) is 4.14. The van der Waals surface area contributed by atoms with Crippen molar-refractivity contribution in [2.45, 2.75) is 0 Å². The number of nitrogens with zero attached hydrogens (tertiary/aromatic N) is 2. The lowest BCUT2D eigenvalue weighted by molar-refractivity contribution is 0.415. The van der Waals surface area contributed by atoms with Gasteiger partial charge in [-0.3, -0.25) is 4.98 Å². The van der Waals surface area contributed by atoms with Gasteiger partial charge in [0.2, 0.25) is 0 Å². The monoisotopic (exact) mass is 242 g/mol. The molecule has 3 nitrogen and oxygen atoms in total. The van der Waals surface area contributed by atoms with Gasteiger partial charge in [-0.05, 0) is 30.3 Å². The van der Waals surface area contributed by atoms with Crippen LogP contribution in [0.5, 0.6) is 5.75 Å². The van der Waals surface area contributed by atoms with Gasteiger partial charge >= 0.3 is 0 Å². The van der Waals surface area contributed by atoms with Gasteiger partial charge < -0.3 is 4.74 Å². The highest BCUT2D eigenvalue weighted by atomic mass is 32.1. The van der Waals surface area contributed by atoms with Crippen LogP contribution in [0, 0.1) is 0 Å². The van der Waals surface area contributed by atoms with Crippen LogP contribution in [0.4, 0.5) is 0 Å². The molecule has 0 amide bonds. The fourth-order valence-corrected chi connectivity index (χ4v) is 2.58. The summed E-state index contributed by atoms with van der Waals surface area (Å²) in [5.74, 6) is 0.858. The van der Waals surface area contributed by atoms with Crippen molar-refractivity contribution in [3.63, 3.8) is 0 Å². The Bertz CT molecular complexity index is 613. The van der Waals surface area contributed by atoms with Gasteiger partial charge in [0.05, 0.1) is 18.0 Å². The van der Waals surface area contributed by atoms with E-state index in [-0.39, 0.29) is 0 Å². The maximum absolute atomic E-state index is 5.14. The van der Waals surface area contributed by atoms with Crippen molar-refractivity contribution in [2.75, 3.05) is 7.11 Å². The molecule has 0 aliphatic carbocycles. The van der Waals surface area contributed by atoms with Gasteiger partial charge in [0.15, 0.2) is 0 Å². The Morgan fingerprint density at radius 2 is 1.94 bits per heavy atom. The molecule has 84 valence electrons. The lowest BCUT2D eigenvalue weighted by atomic mass is 10.2. The fourth-order valence-electron chi connectivity index (χ4n) is 1.64. The summed E-state index contributed by atoms with van der Waals surface area (Å²) in [5.41, 5.74) is 2.05. The zero-order chi connectivity index (χ0) is 11.7. The predicted octanol–water partition coefficient (Wildman–Crippen LogP) is 3.37. The number of pyridine rings is 1. The fraction of sp³-hybridized carbons (Fsp3) is 0.0769. The summed E-state index contributed by atoms with van der Waals surface area (Å²) in [6.45, 7) is 0. The largest absolute Gasteiger partial charge is 0.497 e. The summed E-state index contributed by atoms with van der Waals surface area (Å²) < 4.78 is 6.30. The van der Waals surface area contributed by atoms with E-state index in [0.29, 0.717) is 0 Å². The lowest BCUT2D eigenvalue weighted by Crippen LogP contribution is -1.82. The molecule has 2 heterocycles. The number of benzene rings is 1. The minimum atomic E-state index is 0.858. The van der Waals surface area contributed by atoms with Gasteiger partial charge in [-0.25, -0.2) is 4.98 Å². The van der Waals surface area contributed by atoms with E-state index in [0.717, 1.165) is 26.5 Å². The molecular formula is C13H10N2OS. The van der Waals surface area contributed by atoms with E-state index in [4.69, 9.17) is 4.74 Å². The van der Waals surface area contributed by atoms with E-state index in [1.54, 1.807) is 30.8 Å². The van der Waals surface area contributed by atoms with Gasteiger partial charge in [0.25, 0.3) is 0 Å². The quantitative estimate of drug-likeness (QED) is 0.691. The summed E-state index contributed by atoms with van der Waals surface area (Å²) >= 11 is 1.67. The molecule has 3 rings (SSSR count). The highest BCUT2D eigenvalue weighted by Gasteiger charge is 2.05. The molecule has 0 aliphatic rings. The van der Waals surface area contributed by atoms with Gasteiger partial charge in [-0.2, -0.15) is 0 Å². The summed E-state index contributed by atoms with van der Waals surface area (Å²) in [6, 6.07) is 9.91. The Balaban J connectivity index is 2.07. The molecule has 0 aliphatic heterocycles. The van der Waals surface area contributed by atoms with Gasteiger partial charge in [0, 0.05) is 11.8 Å². The van der Waals surface area contributed by atoms with Crippen molar-refractivity contribution in [1.82, 2.24) is 9.97 Å². The van der Waals surface area contributed by atoms with E-state index >= 15 is 0 Å². The van der Waals surface area contributed by atoms with Gasteiger partial charge in [-0.15, -0.1) is 11.3 Å². The number of methoxy groups -OCH3 is 1. The average Bonchev–Trinajstić information content (AvgIpc) is 2.82. The molecule has 0 saturated carbocycles. The summed E-state index contributed by atoms with van der Waals surface area (Å²) in [6.07, 6.45) is 3.58. The maximum Gasteiger partial charge on any atom is 0.124 e. The number of fused-ring (bicyclic) bond motifs is 1. The van der Waals surface area contributed by atoms with Crippen molar-refractivity contribution in [3.8, 4) is 16.3 Å². The van der Waals surface area contributed by atoms with Crippen LogP contribution in [-0.2, 0) is 0 Å². The van der Waals surface area contributed by atoms with Crippen molar-refractivity contribution in [1.29, 1.82) is 0 Å². The molecule has 0 spiro atoms. The predicted molar refractivity (Wildman–Crippen MR) is 69.4 cm³/mol. The minimum absolute atomic E-state index is 0.858. The average molecular weight is 242 g/mol. The van der Waals surface area contributed by atoms with Crippen molar-refractivity contribution in [2.24, 2.45) is 0 Å². The van der Waals surface area contributed by atoms with Crippen molar-refractivity contribution < 1.29 is 4.74 Å². The molecule has 0 radical (unpaired) electrons. The third-order valence-corrected chi connectivity index (χ3v) is 3.61. The zero-order valence-corrected chi connectivity index (χ0v) is 10.1. The first-order chi connectivity index (χ1) is 8.36. The molecule has 0 unspecified atom stereocenters. The zero-order valence-electron chi connectivity index (χ0n) is 9.25. The number of thiazole rings is 1. The van der Waals surface area contributed by atoms with Gasteiger partial charge in [0.1, 0.15) is 16.3 Å². The topological polar surface area (TPSA) is 35.0 Å². The number of hydrogen-bond donors (Lipinski definition) is 0. The first-order valence-electron chi connectivity index (χ1n) is 5.22. The van der Waals surface area contributed by atoms with E-state index in [2.05, 4.69) is 9.97 Å². The molecule has 0 atom stereocenters. The van der Waals surface area contributed by atoms with E-state index < -0.39 is 0 Å². The smallest absolute Gasteiger partial charge is 0.124 e. The van der Waals surface area contributed by atoms with Crippen molar-refractivity contribution >= 4 is 21.6 Å². The van der Waals surface area contributed by atoms with Crippen LogP contribution < -0.4 is 4.74 Å². The Kier molecular flexibility index (Phi) is 2.49. The number of hydrogen-bond acceptors (Lipinski definition) is 4. The molecule has 2 aromatic heterocycles. The number of rotatable bonds is 2. The Morgan fingerprint density at radius 3 is 2.65 bits per heavy atom. The molecule has 0 bridgehead atoms. The highest BCUT2D eigenvalue weighted by molar-refractivity contribution is 7.21. The van der Waals surface area contributed by atoms with Crippen LogP contribution in [0.1, 0.15) is 0 Å². The number of aromatic nitrogens is 2. The summed E-state index contributed by atoms with van der Waals surface area (Å²) in [7, 11) is 1.67. The maximum atomic E-state index is 5.14. The number of ether oxygens (including phenoxy) is 1. The van der Waals surface area contributed by atoms with Crippen LogP contribution in [0.3, 0.4) is 0 Å². The van der Waals surface area contributed by atoms with E-state index in [9.17, 15) is 0 Å². The summed E-state index contributed by atoms with van der Waals surface area (Å²) in [5, 5.41) is 1.01. The van der Waals surface area contributed by atoms with Crippen LogP contribution in [0.2, 0.25) is 0 Å². The molecule has 0 N–H and O–H groups in total. The normalized spacial score (nSPS) is 10.6. The van der Waals surface area contributed by atoms with Gasteiger partial charge in [-0.1, -0.05) is 0 Å². The summed E-state index contributed by atoms with van der Waals surface area (Å²) in [4.78, 5) is 8.63. The Hall–Kier alpha value is -1.94. The third-order valence-electron chi connectivity index (χ3n) is 2.53. The second-order valence-corrected chi connectivity index (χ2v) is 4.62. The lowest BCUT2D eigenvalue weighted by Gasteiger charge is -1.99. The molecular weight excluding hydrogens is 232 g/mol. The standard InChI is InChI=1S/C13H10N2OS/c1-16-10-4-2-9(3-5-10)13-15-11-8-14-7-6-12(11)17-13/h2-8H,1H3. The highest BCUT2D eigenvalue weighted by Crippen LogP contribution is 2.30. The van der Waals surface area contributed by atoms with E-state index in [1.807, 2.05) is 30.3 Å². The molecule has 0 fully saturated rings. The molecule has 3 aromatic rings. The van der Waals surface area contributed by atoms with Crippen LogP contribution in [0.15, 0.2) is 42.7 Å². The second-order valence-electron chi connectivity index (χ2n) is 3.59. The first kappa shape index (κ1) is 10.2. The minimum Gasteiger partial charge on any atom is -0.497 e. The van der Waals surface area contributed by atoms with E-state index in [1.165, 1.54) is 0 Å². The first-order valence-corrected chi connectivity index (χ1v) is 6.03. The van der Waals surface area contributed by atoms with Crippen LogP contribution in [-0.4, -0.2) is 17.1 Å².